The molecule has 16 heavy (non-hydrogen) atoms. The van der Waals surface area contributed by atoms with E-state index in [0.29, 0.717) is 17.1 Å². The van der Waals surface area contributed by atoms with E-state index in [1.54, 1.807) is 0 Å². The molecule has 0 bridgehead atoms. The minimum absolute atomic E-state index is 0.0231. The fraction of sp³-hybridized carbons (Fsp3) is 1.00. The van der Waals surface area contributed by atoms with Crippen molar-refractivity contribution in [3.8, 4) is 0 Å². The summed E-state index contributed by atoms with van der Waals surface area (Å²) in [6.07, 6.45) is -3.68. The number of alkyl halides is 3. The molecule has 0 aromatic carbocycles. The van der Waals surface area contributed by atoms with E-state index in [9.17, 15) is 21.6 Å². The Hall–Kier alpha value is -0.300. The molecular formula is C9H16F3NO2S. The summed E-state index contributed by atoms with van der Waals surface area (Å²) in [7, 11) is -3.82. The van der Waals surface area contributed by atoms with E-state index in [2.05, 4.69) is 0 Å². The van der Waals surface area contributed by atoms with Gasteiger partial charge in [-0.15, -0.1) is 0 Å². The van der Waals surface area contributed by atoms with Gasteiger partial charge in [0.15, 0.2) is 0 Å². The monoisotopic (exact) mass is 259 g/mol. The van der Waals surface area contributed by atoms with Gasteiger partial charge >= 0.3 is 6.18 Å². The Bertz CT molecular complexity index is 337. The Morgan fingerprint density at radius 3 is 2.25 bits per heavy atom. The van der Waals surface area contributed by atoms with Crippen LogP contribution in [0.25, 0.3) is 0 Å². The van der Waals surface area contributed by atoms with Crippen molar-refractivity contribution >= 4 is 10.0 Å². The highest BCUT2D eigenvalue weighted by atomic mass is 32.2. The Morgan fingerprint density at radius 2 is 1.81 bits per heavy atom. The molecular weight excluding hydrogens is 243 g/mol. The van der Waals surface area contributed by atoms with Gasteiger partial charge in [-0.2, -0.15) is 17.5 Å². The molecule has 1 saturated heterocycles. The summed E-state index contributed by atoms with van der Waals surface area (Å²) in [5.41, 5.74) is 0. The first-order chi connectivity index (χ1) is 7.17. The third-order valence-electron chi connectivity index (χ3n) is 2.75. The summed E-state index contributed by atoms with van der Waals surface area (Å²) in [6.45, 7) is 2.78. The molecule has 7 heteroatoms. The molecule has 1 atom stereocenters. The Labute approximate surface area is 93.7 Å². The molecule has 0 saturated carbocycles. The average Bonchev–Trinajstić information content (AvgIpc) is 2.16. The summed E-state index contributed by atoms with van der Waals surface area (Å²) < 4.78 is 62.2. The van der Waals surface area contributed by atoms with Crippen molar-refractivity contribution in [2.75, 3.05) is 6.54 Å². The van der Waals surface area contributed by atoms with Crippen molar-refractivity contribution in [3.63, 3.8) is 0 Å². The van der Waals surface area contributed by atoms with E-state index < -0.39 is 27.5 Å². The van der Waals surface area contributed by atoms with Crippen LogP contribution < -0.4 is 0 Å². The molecule has 0 aromatic heterocycles. The average molecular weight is 259 g/mol. The minimum atomic E-state index is -4.47. The highest BCUT2D eigenvalue weighted by molar-refractivity contribution is 7.89. The van der Waals surface area contributed by atoms with Crippen LogP contribution in [0.4, 0.5) is 13.2 Å². The standard InChI is InChI=1S/C9H16F3NO2S/c1-7(2)16(14,15)13-6-4-3-5-8(13)9(10,11)12/h7-8H,3-6H2,1-2H3. The summed E-state index contributed by atoms with van der Waals surface area (Å²) >= 11 is 0. The number of nitrogens with zero attached hydrogens (tertiary/aromatic N) is 1. The van der Waals surface area contributed by atoms with Crippen LogP contribution in [0, 0.1) is 0 Å². The van der Waals surface area contributed by atoms with Gasteiger partial charge in [-0.25, -0.2) is 8.42 Å². The van der Waals surface area contributed by atoms with Gasteiger partial charge < -0.3 is 0 Å². The SMILES string of the molecule is CC(C)S(=O)(=O)N1CCCCC1C(F)(F)F. The van der Waals surface area contributed by atoms with Crippen molar-refractivity contribution < 1.29 is 21.6 Å². The van der Waals surface area contributed by atoms with Crippen LogP contribution in [0.2, 0.25) is 0 Å². The highest BCUT2D eigenvalue weighted by Gasteiger charge is 2.49. The van der Waals surface area contributed by atoms with Gasteiger partial charge in [-0.3, -0.25) is 0 Å². The third-order valence-corrected chi connectivity index (χ3v) is 5.04. The molecule has 0 amide bonds. The quantitative estimate of drug-likeness (QED) is 0.762. The minimum Gasteiger partial charge on any atom is -0.212 e. The van der Waals surface area contributed by atoms with Crippen LogP contribution in [0.5, 0.6) is 0 Å². The van der Waals surface area contributed by atoms with E-state index in [-0.39, 0.29) is 13.0 Å². The van der Waals surface area contributed by atoms with E-state index >= 15 is 0 Å². The fourth-order valence-corrected chi connectivity index (χ4v) is 3.31. The number of rotatable bonds is 2. The smallest absolute Gasteiger partial charge is 0.212 e. The fourth-order valence-electron chi connectivity index (χ4n) is 1.81. The highest BCUT2D eigenvalue weighted by Crippen LogP contribution is 2.34. The second-order valence-corrected chi connectivity index (χ2v) is 6.70. The van der Waals surface area contributed by atoms with Gasteiger partial charge in [-0.1, -0.05) is 6.42 Å². The van der Waals surface area contributed by atoms with Crippen LogP contribution in [0.3, 0.4) is 0 Å². The predicted molar refractivity (Wildman–Crippen MR) is 54.5 cm³/mol. The Balaban J connectivity index is 3.00. The van der Waals surface area contributed by atoms with Crippen molar-refractivity contribution in [1.82, 2.24) is 4.31 Å². The molecule has 0 N–H and O–H groups in total. The van der Waals surface area contributed by atoms with E-state index in [0.717, 1.165) is 0 Å². The van der Waals surface area contributed by atoms with Gasteiger partial charge in [0.2, 0.25) is 10.0 Å². The van der Waals surface area contributed by atoms with Crippen molar-refractivity contribution in [3.05, 3.63) is 0 Å². The normalized spacial score (nSPS) is 25.0. The maximum Gasteiger partial charge on any atom is 0.405 e. The van der Waals surface area contributed by atoms with Crippen LogP contribution >= 0.6 is 0 Å². The van der Waals surface area contributed by atoms with E-state index in [1.165, 1.54) is 13.8 Å². The molecule has 0 aromatic rings. The Kier molecular flexibility index (Phi) is 3.89. The van der Waals surface area contributed by atoms with Crippen LogP contribution in [0.1, 0.15) is 33.1 Å². The summed E-state index contributed by atoms with van der Waals surface area (Å²) in [4.78, 5) is 0. The lowest BCUT2D eigenvalue weighted by atomic mass is 10.0. The van der Waals surface area contributed by atoms with Gasteiger partial charge in [-0.05, 0) is 26.7 Å². The zero-order valence-corrected chi connectivity index (χ0v) is 10.1. The van der Waals surface area contributed by atoms with E-state index in [4.69, 9.17) is 0 Å². The number of halogens is 3. The number of piperidine rings is 1. The molecule has 1 aliphatic rings. The lowest BCUT2D eigenvalue weighted by Gasteiger charge is -2.36. The van der Waals surface area contributed by atoms with Crippen LogP contribution in [-0.2, 0) is 10.0 Å². The summed E-state index contributed by atoms with van der Waals surface area (Å²) in [5, 5.41) is -0.810. The zero-order valence-electron chi connectivity index (χ0n) is 9.29. The number of hydrogen-bond acceptors (Lipinski definition) is 2. The van der Waals surface area contributed by atoms with Crippen molar-refractivity contribution in [2.45, 2.75) is 50.6 Å². The first-order valence-corrected chi connectivity index (χ1v) is 6.75. The molecule has 1 rings (SSSR count). The maximum atomic E-state index is 12.7. The van der Waals surface area contributed by atoms with Gasteiger partial charge in [0.1, 0.15) is 6.04 Å². The van der Waals surface area contributed by atoms with Gasteiger partial charge in [0, 0.05) is 6.54 Å². The summed E-state index contributed by atoms with van der Waals surface area (Å²) in [5.74, 6) is 0. The number of sulfonamides is 1. The predicted octanol–water partition coefficient (Wildman–Crippen LogP) is 2.14. The maximum absolute atomic E-state index is 12.7. The first-order valence-electron chi connectivity index (χ1n) is 5.24. The first kappa shape index (κ1) is 13.8. The second kappa shape index (κ2) is 4.52. The molecule has 0 aliphatic carbocycles. The number of hydrogen-bond donors (Lipinski definition) is 0. The lowest BCUT2D eigenvalue weighted by Crippen LogP contribution is -2.53. The largest absolute Gasteiger partial charge is 0.405 e. The van der Waals surface area contributed by atoms with Crippen molar-refractivity contribution in [1.29, 1.82) is 0 Å². The van der Waals surface area contributed by atoms with Gasteiger partial charge in [0.25, 0.3) is 0 Å². The lowest BCUT2D eigenvalue weighted by molar-refractivity contribution is -0.177. The van der Waals surface area contributed by atoms with Gasteiger partial charge in [0.05, 0.1) is 5.25 Å². The molecule has 96 valence electrons. The topological polar surface area (TPSA) is 37.4 Å². The third kappa shape index (κ3) is 2.68. The molecule has 0 radical (unpaired) electrons. The molecule has 1 unspecified atom stereocenters. The van der Waals surface area contributed by atoms with E-state index in [1.807, 2.05) is 0 Å². The van der Waals surface area contributed by atoms with Crippen LogP contribution in [0.15, 0.2) is 0 Å². The molecule has 1 fully saturated rings. The molecule has 1 heterocycles. The zero-order chi connectivity index (χ0) is 12.6. The Morgan fingerprint density at radius 1 is 1.25 bits per heavy atom. The molecule has 1 aliphatic heterocycles. The molecule has 0 spiro atoms. The second-order valence-electron chi connectivity index (χ2n) is 4.26. The van der Waals surface area contributed by atoms with Crippen LogP contribution in [-0.4, -0.2) is 36.7 Å². The molecule has 3 nitrogen and oxygen atoms in total. The van der Waals surface area contributed by atoms with Crippen molar-refractivity contribution in [2.24, 2.45) is 0 Å². The summed E-state index contributed by atoms with van der Waals surface area (Å²) in [6, 6.07) is -1.84.